The Morgan fingerprint density at radius 3 is 2.62 bits per heavy atom. The molecule has 2 fully saturated rings. The number of piperidine rings is 1. The fraction of sp³-hybridized carbons (Fsp3) is 0.476. The minimum atomic E-state index is 0.161. The number of nitrogens with zero attached hydrogens (tertiary/aromatic N) is 2. The zero-order valence-corrected chi connectivity index (χ0v) is 16.3. The van der Waals surface area contributed by atoms with Crippen LogP contribution in [0, 0.1) is 12.8 Å². The van der Waals surface area contributed by atoms with Gasteiger partial charge in [-0.05, 0) is 68.6 Å². The van der Waals surface area contributed by atoms with Crippen LogP contribution in [0.2, 0.25) is 0 Å². The summed E-state index contributed by atoms with van der Waals surface area (Å²) in [5.41, 5.74) is 0.762. The van der Waals surface area contributed by atoms with Crippen LogP contribution in [0.5, 0.6) is 5.75 Å². The molecule has 0 N–H and O–H groups in total. The standard InChI is InChI=1S/C21H26N2O2S/c1-15-3-8-19(26-15)13-22-11-9-16-10-12-23(20(16)14-22)21(24)17-4-6-18(25-2)7-5-17/h3-8,16,20H,9-14H2,1-2H3. The van der Waals surface area contributed by atoms with E-state index in [0.717, 1.165) is 43.9 Å². The molecule has 2 aromatic rings. The number of hydrogen-bond donors (Lipinski definition) is 0. The first kappa shape index (κ1) is 17.6. The van der Waals surface area contributed by atoms with Crippen molar-refractivity contribution in [1.29, 1.82) is 0 Å². The Kier molecular flexibility index (Phi) is 5.00. The summed E-state index contributed by atoms with van der Waals surface area (Å²) in [5.74, 6) is 1.60. The molecule has 0 saturated carbocycles. The Morgan fingerprint density at radius 2 is 1.92 bits per heavy atom. The lowest BCUT2D eigenvalue weighted by molar-refractivity contribution is 0.0591. The number of fused-ring (bicyclic) bond motifs is 1. The lowest BCUT2D eigenvalue weighted by Crippen LogP contribution is -2.49. The number of hydrogen-bond acceptors (Lipinski definition) is 4. The van der Waals surface area contributed by atoms with E-state index >= 15 is 0 Å². The van der Waals surface area contributed by atoms with Gasteiger partial charge in [-0.2, -0.15) is 0 Å². The van der Waals surface area contributed by atoms with Gasteiger partial charge in [-0.25, -0.2) is 0 Å². The van der Waals surface area contributed by atoms with E-state index in [-0.39, 0.29) is 5.91 Å². The summed E-state index contributed by atoms with van der Waals surface area (Å²) in [6.45, 7) is 6.18. The highest BCUT2D eigenvalue weighted by Crippen LogP contribution is 2.33. The lowest BCUT2D eigenvalue weighted by Gasteiger charge is -2.38. The van der Waals surface area contributed by atoms with E-state index in [2.05, 4.69) is 28.9 Å². The van der Waals surface area contributed by atoms with Crippen molar-refractivity contribution in [3.63, 3.8) is 0 Å². The van der Waals surface area contributed by atoms with Crippen LogP contribution in [0.1, 0.15) is 33.0 Å². The summed E-state index contributed by atoms with van der Waals surface area (Å²) in [4.78, 5) is 20.5. The molecule has 0 aliphatic carbocycles. The zero-order valence-electron chi connectivity index (χ0n) is 15.5. The summed E-state index contributed by atoms with van der Waals surface area (Å²) in [6, 6.07) is 12.3. The maximum atomic E-state index is 13.0. The summed E-state index contributed by atoms with van der Waals surface area (Å²) in [6.07, 6.45) is 2.33. The molecular formula is C21H26N2O2S. The van der Waals surface area contributed by atoms with Crippen molar-refractivity contribution in [2.24, 2.45) is 5.92 Å². The van der Waals surface area contributed by atoms with Crippen LogP contribution in [0.4, 0.5) is 0 Å². The molecule has 4 nitrogen and oxygen atoms in total. The number of carbonyl (C=O) groups excluding carboxylic acids is 1. The van der Waals surface area contributed by atoms with E-state index < -0.39 is 0 Å². The van der Waals surface area contributed by atoms with Crippen molar-refractivity contribution in [3.05, 3.63) is 51.7 Å². The van der Waals surface area contributed by atoms with Gasteiger partial charge in [0.2, 0.25) is 0 Å². The lowest BCUT2D eigenvalue weighted by atomic mass is 9.92. The van der Waals surface area contributed by atoms with Gasteiger partial charge in [0.25, 0.3) is 5.91 Å². The fourth-order valence-corrected chi connectivity index (χ4v) is 5.22. The Labute approximate surface area is 159 Å². The molecule has 5 heteroatoms. The van der Waals surface area contributed by atoms with E-state index in [9.17, 15) is 4.79 Å². The molecule has 2 saturated heterocycles. The molecule has 4 rings (SSSR count). The third-order valence-corrected chi connectivity index (χ3v) is 6.71. The molecule has 2 atom stereocenters. The second-order valence-corrected chi connectivity index (χ2v) is 8.75. The number of carbonyl (C=O) groups is 1. The summed E-state index contributed by atoms with van der Waals surface area (Å²) in [5, 5.41) is 0. The molecular weight excluding hydrogens is 344 g/mol. The van der Waals surface area contributed by atoms with Gasteiger partial charge in [0.15, 0.2) is 0 Å². The second kappa shape index (κ2) is 7.41. The SMILES string of the molecule is COc1ccc(C(=O)N2CCC3CCN(Cc4ccc(C)s4)CC32)cc1. The van der Waals surface area contributed by atoms with Gasteiger partial charge in [-0.15, -0.1) is 11.3 Å². The van der Waals surface area contributed by atoms with Gasteiger partial charge < -0.3 is 9.64 Å². The molecule has 2 unspecified atom stereocenters. The van der Waals surface area contributed by atoms with Crippen molar-refractivity contribution < 1.29 is 9.53 Å². The monoisotopic (exact) mass is 370 g/mol. The summed E-state index contributed by atoms with van der Waals surface area (Å²) < 4.78 is 5.20. The zero-order chi connectivity index (χ0) is 18.1. The Bertz CT molecular complexity index is 771. The average Bonchev–Trinajstić information content (AvgIpc) is 3.27. The molecule has 26 heavy (non-hydrogen) atoms. The van der Waals surface area contributed by atoms with Gasteiger partial charge in [-0.3, -0.25) is 9.69 Å². The number of ether oxygens (including phenoxy) is 1. The highest BCUT2D eigenvalue weighted by Gasteiger charge is 2.40. The average molecular weight is 371 g/mol. The van der Waals surface area contributed by atoms with E-state index in [1.807, 2.05) is 35.6 Å². The molecule has 0 spiro atoms. The Hall–Kier alpha value is -1.85. The molecule has 1 aromatic carbocycles. The normalized spacial score (nSPS) is 23.1. The van der Waals surface area contributed by atoms with Gasteiger partial charge in [0.05, 0.1) is 7.11 Å². The predicted molar refractivity (Wildman–Crippen MR) is 105 cm³/mol. The number of amides is 1. The Balaban J connectivity index is 1.45. The number of aryl methyl sites for hydroxylation is 1. The maximum Gasteiger partial charge on any atom is 0.254 e. The van der Waals surface area contributed by atoms with Crippen molar-refractivity contribution in [2.75, 3.05) is 26.7 Å². The number of thiophene rings is 1. The minimum Gasteiger partial charge on any atom is -0.497 e. The van der Waals surface area contributed by atoms with Crippen LogP contribution in [0.15, 0.2) is 36.4 Å². The van der Waals surface area contributed by atoms with Gasteiger partial charge in [0.1, 0.15) is 5.75 Å². The first-order chi connectivity index (χ1) is 12.6. The maximum absolute atomic E-state index is 13.0. The van der Waals surface area contributed by atoms with Crippen LogP contribution < -0.4 is 4.74 Å². The highest BCUT2D eigenvalue weighted by molar-refractivity contribution is 7.11. The molecule has 2 aliphatic rings. The highest BCUT2D eigenvalue weighted by atomic mass is 32.1. The molecule has 0 radical (unpaired) electrons. The quantitative estimate of drug-likeness (QED) is 0.821. The van der Waals surface area contributed by atoms with Crippen LogP contribution >= 0.6 is 11.3 Å². The largest absolute Gasteiger partial charge is 0.497 e. The molecule has 2 aliphatic heterocycles. The van der Waals surface area contributed by atoms with E-state index in [1.54, 1.807) is 7.11 Å². The molecule has 1 amide bonds. The topological polar surface area (TPSA) is 32.8 Å². The van der Waals surface area contributed by atoms with E-state index in [4.69, 9.17) is 4.74 Å². The van der Waals surface area contributed by atoms with Crippen molar-refractivity contribution in [2.45, 2.75) is 32.4 Å². The molecule has 1 aromatic heterocycles. The Morgan fingerprint density at radius 1 is 1.15 bits per heavy atom. The molecule has 138 valence electrons. The molecule has 3 heterocycles. The van der Waals surface area contributed by atoms with E-state index in [1.165, 1.54) is 16.2 Å². The predicted octanol–water partition coefficient (Wildman–Crippen LogP) is 3.80. The fourth-order valence-electron chi connectivity index (χ4n) is 4.29. The van der Waals surface area contributed by atoms with Crippen molar-refractivity contribution in [3.8, 4) is 5.75 Å². The van der Waals surface area contributed by atoms with Crippen LogP contribution in [0.3, 0.4) is 0 Å². The minimum absolute atomic E-state index is 0.161. The third kappa shape index (κ3) is 3.51. The molecule has 0 bridgehead atoms. The van der Waals surface area contributed by atoms with Gasteiger partial charge in [0, 0.05) is 41.0 Å². The van der Waals surface area contributed by atoms with Crippen LogP contribution in [-0.4, -0.2) is 48.5 Å². The number of benzene rings is 1. The van der Waals surface area contributed by atoms with Crippen LogP contribution in [-0.2, 0) is 6.54 Å². The second-order valence-electron chi connectivity index (χ2n) is 7.38. The van der Waals surface area contributed by atoms with Crippen LogP contribution in [0.25, 0.3) is 0 Å². The number of likely N-dealkylation sites (tertiary alicyclic amines) is 2. The summed E-state index contributed by atoms with van der Waals surface area (Å²) >= 11 is 1.88. The van der Waals surface area contributed by atoms with Crippen molar-refractivity contribution >= 4 is 17.2 Å². The van der Waals surface area contributed by atoms with Gasteiger partial charge in [-0.1, -0.05) is 0 Å². The van der Waals surface area contributed by atoms with Crippen molar-refractivity contribution in [1.82, 2.24) is 9.80 Å². The number of rotatable bonds is 4. The smallest absolute Gasteiger partial charge is 0.254 e. The first-order valence-electron chi connectivity index (χ1n) is 9.37. The first-order valence-corrected chi connectivity index (χ1v) is 10.2. The summed E-state index contributed by atoms with van der Waals surface area (Å²) in [7, 11) is 1.65. The van der Waals surface area contributed by atoms with E-state index in [0.29, 0.717) is 12.0 Å². The number of methoxy groups -OCH3 is 1. The third-order valence-electron chi connectivity index (χ3n) is 5.72. The van der Waals surface area contributed by atoms with Gasteiger partial charge >= 0.3 is 0 Å².